The zero-order chi connectivity index (χ0) is 37.7. The number of aromatic nitrogens is 2. The summed E-state index contributed by atoms with van der Waals surface area (Å²) in [6, 6.07) is 12.0. The van der Waals surface area contributed by atoms with Gasteiger partial charge in [-0.15, -0.1) is 0 Å². The lowest BCUT2D eigenvalue weighted by Crippen LogP contribution is -2.61. The number of aliphatic hydroxyl groups excluding tert-OH is 1. The number of ether oxygens (including phenoxy) is 3. The summed E-state index contributed by atoms with van der Waals surface area (Å²) in [5.74, 6) is -0.0906. The molecule has 276 valence electrons. The molecule has 0 aliphatic carbocycles. The Morgan fingerprint density at radius 2 is 1.65 bits per heavy atom. The van der Waals surface area contributed by atoms with Crippen LogP contribution in [0.5, 0.6) is 11.5 Å². The molecule has 0 saturated carbocycles. The molecule has 2 heterocycles. The first-order chi connectivity index (χ1) is 24.9. The van der Waals surface area contributed by atoms with E-state index in [-0.39, 0.29) is 43.1 Å². The normalized spacial score (nSPS) is 14.6. The van der Waals surface area contributed by atoms with Gasteiger partial charge in [0.15, 0.2) is 5.82 Å². The first kappa shape index (κ1) is 37.6. The van der Waals surface area contributed by atoms with E-state index in [4.69, 9.17) is 26.1 Å². The number of rotatable bonds is 10. The molecule has 0 radical (unpaired) electrons. The van der Waals surface area contributed by atoms with Crippen molar-refractivity contribution in [1.82, 2.24) is 19.9 Å². The Morgan fingerprint density at radius 1 is 0.962 bits per heavy atom. The molecule has 3 atom stereocenters. The van der Waals surface area contributed by atoms with Crippen LogP contribution < -0.4 is 35.6 Å². The minimum absolute atomic E-state index is 0.111. The number of nitrogens with one attached hydrogen (secondary N) is 2. The standard InChI is InChI=1S/C35H39ClFN7O8/c1-20(43(28-13-11-25(50-3)19-29(28)51-4)34(48)38-24-9-7-23(37)8-10-24)31-39-27-12-6-22(36)18-26(27)32(46)44(31)42-16-14-41(15-17-42)33(47)30(21(2)45)40-35(49)52-5/h6-13,18-21,30,45H,14-17H2,1-5H3,(H,38,48)(H,40,49)/t20-,21+,30-/m0/s1. The maximum atomic E-state index is 14.4. The van der Waals surface area contributed by atoms with Crippen LogP contribution in [0.4, 0.5) is 25.4 Å². The number of anilines is 2. The minimum atomic E-state index is -1.26. The van der Waals surface area contributed by atoms with E-state index in [1.54, 1.807) is 42.3 Å². The number of amides is 4. The van der Waals surface area contributed by atoms with E-state index in [1.807, 2.05) is 0 Å². The molecule has 5 rings (SSSR count). The third-order valence-corrected chi connectivity index (χ3v) is 8.85. The molecular formula is C35H39ClFN7O8. The highest BCUT2D eigenvalue weighted by Gasteiger charge is 2.35. The number of alkyl carbamates (subject to hydrolysis) is 1. The van der Waals surface area contributed by atoms with E-state index in [2.05, 4.69) is 15.4 Å². The summed E-state index contributed by atoms with van der Waals surface area (Å²) < 4.78 is 30.8. The third-order valence-electron chi connectivity index (χ3n) is 8.61. The van der Waals surface area contributed by atoms with E-state index in [0.29, 0.717) is 27.7 Å². The van der Waals surface area contributed by atoms with Gasteiger partial charge in [-0.3, -0.25) is 14.5 Å². The Hall–Kier alpha value is -5.61. The van der Waals surface area contributed by atoms with Gasteiger partial charge in [-0.05, 0) is 68.4 Å². The Balaban J connectivity index is 1.58. The van der Waals surface area contributed by atoms with E-state index in [1.165, 1.54) is 66.0 Å². The number of piperazine rings is 1. The van der Waals surface area contributed by atoms with E-state index in [0.717, 1.165) is 7.11 Å². The van der Waals surface area contributed by atoms with Crippen LogP contribution in [0.1, 0.15) is 25.7 Å². The fraction of sp³-hybridized carbons (Fsp3) is 0.343. The molecular weight excluding hydrogens is 701 g/mol. The van der Waals surface area contributed by atoms with Gasteiger partial charge in [0, 0.05) is 29.9 Å². The number of carbonyl (C=O) groups is 3. The predicted octanol–water partition coefficient (Wildman–Crippen LogP) is 3.89. The quantitative estimate of drug-likeness (QED) is 0.217. The van der Waals surface area contributed by atoms with Crippen molar-refractivity contribution in [2.24, 2.45) is 0 Å². The average Bonchev–Trinajstić information content (AvgIpc) is 3.14. The number of urea groups is 1. The van der Waals surface area contributed by atoms with Gasteiger partial charge in [-0.2, -0.15) is 0 Å². The molecule has 3 aromatic carbocycles. The Kier molecular flexibility index (Phi) is 11.7. The topological polar surface area (TPSA) is 168 Å². The van der Waals surface area contributed by atoms with Gasteiger partial charge in [0.05, 0.1) is 63.2 Å². The van der Waals surface area contributed by atoms with Crippen LogP contribution in [0, 0.1) is 5.82 Å². The van der Waals surface area contributed by atoms with Gasteiger partial charge in [0.2, 0.25) is 5.91 Å². The van der Waals surface area contributed by atoms with Gasteiger partial charge in [0.25, 0.3) is 5.56 Å². The molecule has 15 nitrogen and oxygen atoms in total. The minimum Gasteiger partial charge on any atom is -0.497 e. The largest absolute Gasteiger partial charge is 0.497 e. The molecule has 1 aliphatic rings. The first-order valence-electron chi connectivity index (χ1n) is 16.2. The van der Waals surface area contributed by atoms with Gasteiger partial charge in [-0.25, -0.2) is 23.6 Å². The molecule has 3 N–H and O–H groups in total. The Morgan fingerprint density at radius 3 is 2.27 bits per heavy atom. The van der Waals surface area contributed by atoms with Gasteiger partial charge in [0.1, 0.15) is 23.4 Å². The van der Waals surface area contributed by atoms with Crippen molar-refractivity contribution in [3.63, 3.8) is 0 Å². The highest BCUT2D eigenvalue weighted by Crippen LogP contribution is 2.37. The predicted molar refractivity (Wildman–Crippen MR) is 192 cm³/mol. The summed E-state index contributed by atoms with van der Waals surface area (Å²) in [6.07, 6.45) is -2.08. The number of nitrogens with zero attached hydrogens (tertiary/aromatic N) is 5. The number of fused-ring (bicyclic) bond motifs is 1. The molecule has 4 amide bonds. The molecule has 4 aromatic rings. The van der Waals surface area contributed by atoms with Crippen LogP contribution >= 0.6 is 11.6 Å². The lowest BCUT2D eigenvalue weighted by molar-refractivity contribution is -0.136. The fourth-order valence-corrected chi connectivity index (χ4v) is 6.08. The van der Waals surface area contributed by atoms with Crippen molar-refractivity contribution >= 4 is 51.9 Å². The van der Waals surface area contributed by atoms with Crippen LogP contribution in [0.25, 0.3) is 10.9 Å². The smallest absolute Gasteiger partial charge is 0.407 e. The summed E-state index contributed by atoms with van der Waals surface area (Å²) in [4.78, 5) is 61.6. The average molecular weight is 740 g/mol. The van der Waals surface area contributed by atoms with Crippen LogP contribution in [-0.4, -0.2) is 97.4 Å². The van der Waals surface area contributed by atoms with Crippen molar-refractivity contribution in [3.8, 4) is 11.5 Å². The van der Waals surface area contributed by atoms with Crippen LogP contribution in [0.2, 0.25) is 5.02 Å². The van der Waals surface area contributed by atoms with Crippen molar-refractivity contribution in [2.45, 2.75) is 32.0 Å². The number of hydrogen-bond donors (Lipinski definition) is 3. The molecule has 1 aromatic heterocycles. The second-order valence-corrected chi connectivity index (χ2v) is 12.3. The Bertz CT molecular complexity index is 2000. The lowest BCUT2D eigenvalue weighted by Gasteiger charge is -2.40. The van der Waals surface area contributed by atoms with E-state index < -0.39 is 47.6 Å². The van der Waals surface area contributed by atoms with Crippen molar-refractivity contribution in [2.75, 3.05) is 62.7 Å². The fourth-order valence-electron chi connectivity index (χ4n) is 5.91. The molecule has 0 spiro atoms. The molecule has 1 aliphatic heterocycles. The van der Waals surface area contributed by atoms with Crippen molar-refractivity contribution in [3.05, 3.63) is 87.7 Å². The number of carbonyl (C=O) groups excluding carboxylic acids is 3. The molecule has 0 unspecified atom stereocenters. The highest BCUT2D eigenvalue weighted by atomic mass is 35.5. The second kappa shape index (κ2) is 16.2. The lowest BCUT2D eigenvalue weighted by atomic mass is 10.1. The monoisotopic (exact) mass is 739 g/mol. The van der Waals surface area contributed by atoms with E-state index >= 15 is 0 Å². The number of hydrogen-bond acceptors (Lipinski definition) is 10. The summed E-state index contributed by atoms with van der Waals surface area (Å²) in [5.41, 5.74) is 0.483. The summed E-state index contributed by atoms with van der Waals surface area (Å²) in [6.45, 7) is 3.57. The Labute approximate surface area is 303 Å². The summed E-state index contributed by atoms with van der Waals surface area (Å²) in [5, 5.41) is 17.7. The van der Waals surface area contributed by atoms with Gasteiger partial charge in [-0.1, -0.05) is 11.6 Å². The number of benzene rings is 3. The molecule has 0 bridgehead atoms. The van der Waals surface area contributed by atoms with Gasteiger partial charge < -0.3 is 39.9 Å². The number of halogens is 2. The first-order valence-corrected chi connectivity index (χ1v) is 16.6. The third kappa shape index (κ3) is 7.97. The highest BCUT2D eigenvalue weighted by molar-refractivity contribution is 6.31. The zero-order valence-corrected chi connectivity index (χ0v) is 29.9. The number of methoxy groups -OCH3 is 3. The zero-order valence-electron chi connectivity index (χ0n) is 29.1. The molecule has 1 saturated heterocycles. The van der Waals surface area contributed by atoms with E-state index in [9.17, 15) is 28.7 Å². The maximum absolute atomic E-state index is 14.4. The SMILES string of the molecule is COC(=O)N[C@H](C(=O)N1CCN(n2c([C@H](C)N(C(=O)Nc3ccc(F)cc3)c3ccc(OC)cc3OC)nc3ccc(Cl)cc3c2=O)CC1)[C@@H](C)O. The maximum Gasteiger partial charge on any atom is 0.407 e. The second-order valence-electron chi connectivity index (χ2n) is 11.9. The van der Waals surface area contributed by atoms with Crippen LogP contribution in [0.15, 0.2) is 65.5 Å². The molecule has 17 heteroatoms. The number of aliphatic hydroxyl groups is 1. The van der Waals surface area contributed by atoms with Crippen LogP contribution in [0.3, 0.4) is 0 Å². The summed E-state index contributed by atoms with van der Waals surface area (Å²) in [7, 11) is 4.08. The van der Waals surface area contributed by atoms with Crippen molar-refractivity contribution in [1.29, 1.82) is 0 Å². The molecule has 1 fully saturated rings. The van der Waals surface area contributed by atoms with Gasteiger partial charge >= 0.3 is 12.1 Å². The summed E-state index contributed by atoms with van der Waals surface area (Å²) >= 11 is 6.30. The van der Waals surface area contributed by atoms with Crippen molar-refractivity contribution < 1.29 is 38.1 Å². The van der Waals surface area contributed by atoms with Crippen LogP contribution in [-0.2, 0) is 9.53 Å². The molecule has 52 heavy (non-hydrogen) atoms.